The van der Waals surface area contributed by atoms with Crippen LogP contribution in [0.3, 0.4) is 0 Å². The lowest BCUT2D eigenvalue weighted by Crippen LogP contribution is -2.43. The largest absolute Gasteiger partial charge is 0.341 e. The number of carbonyl (C=O) groups is 2. The summed E-state index contributed by atoms with van der Waals surface area (Å²) in [4.78, 5) is 27.2. The van der Waals surface area contributed by atoms with Crippen LogP contribution in [0.1, 0.15) is 33.6 Å². The molecular weight excluding hydrogens is 271 g/mol. The first kappa shape index (κ1) is 17.1. The van der Waals surface area contributed by atoms with Gasteiger partial charge in [0.2, 0.25) is 11.8 Å². The van der Waals surface area contributed by atoms with E-state index in [1.165, 1.54) is 30.0 Å². The van der Waals surface area contributed by atoms with Crippen LogP contribution in [0.4, 0.5) is 10.1 Å². The van der Waals surface area contributed by atoms with Gasteiger partial charge in [0.15, 0.2) is 0 Å². The topological polar surface area (TPSA) is 40.6 Å². The molecule has 0 radical (unpaired) electrons. The van der Waals surface area contributed by atoms with E-state index < -0.39 is 5.82 Å². The fourth-order valence-corrected chi connectivity index (χ4v) is 2.16. The van der Waals surface area contributed by atoms with Crippen LogP contribution in [0.25, 0.3) is 0 Å². The lowest BCUT2D eigenvalue weighted by atomic mass is 10.2. The third-order valence-electron chi connectivity index (χ3n) is 3.13. The van der Waals surface area contributed by atoms with Crippen molar-refractivity contribution in [1.82, 2.24) is 4.90 Å². The first-order valence-electron chi connectivity index (χ1n) is 7.31. The molecular formula is C16H23FN2O2. The van der Waals surface area contributed by atoms with Crippen LogP contribution in [-0.4, -0.2) is 36.3 Å². The molecule has 0 atom stereocenters. The van der Waals surface area contributed by atoms with E-state index in [2.05, 4.69) is 0 Å². The van der Waals surface area contributed by atoms with Gasteiger partial charge in [-0.05, 0) is 31.0 Å². The summed E-state index contributed by atoms with van der Waals surface area (Å²) in [6.45, 7) is 6.67. The summed E-state index contributed by atoms with van der Waals surface area (Å²) in [5, 5.41) is 0. The van der Waals surface area contributed by atoms with Gasteiger partial charge in [-0.3, -0.25) is 9.59 Å². The zero-order valence-electron chi connectivity index (χ0n) is 12.9. The Morgan fingerprint density at radius 3 is 2.24 bits per heavy atom. The third kappa shape index (κ3) is 5.17. The number of nitrogens with zero attached hydrogens (tertiary/aromatic N) is 2. The molecule has 2 amide bonds. The van der Waals surface area contributed by atoms with Gasteiger partial charge in [0.05, 0.1) is 0 Å². The molecule has 0 fully saturated rings. The number of hydrogen-bond acceptors (Lipinski definition) is 2. The average molecular weight is 294 g/mol. The number of carbonyl (C=O) groups excluding carboxylic acids is 2. The Hall–Kier alpha value is -1.91. The molecule has 4 nitrogen and oxygen atoms in total. The molecule has 0 saturated carbocycles. The second-order valence-electron chi connectivity index (χ2n) is 4.97. The van der Waals surface area contributed by atoms with Crippen molar-refractivity contribution in [1.29, 1.82) is 0 Å². The average Bonchev–Trinajstić information content (AvgIpc) is 2.44. The Morgan fingerprint density at radius 1 is 1.14 bits per heavy atom. The fourth-order valence-electron chi connectivity index (χ4n) is 2.16. The summed E-state index contributed by atoms with van der Waals surface area (Å²) in [6.07, 6.45) is 1.73. The lowest BCUT2D eigenvalue weighted by Gasteiger charge is -2.26. The number of benzene rings is 1. The monoisotopic (exact) mass is 294 g/mol. The van der Waals surface area contributed by atoms with Gasteiger partial charge in [0, 0.05) is 25.7 Å². The van der Waals surface area contributed by atoms with Crippen molar-refractivity contribution in [3.63, 3.8) is 0 Å². The summed E-state index contributed by atoms with van der Waals surface area (Å²) in [5.41, 5.74) is 0.406. The normalized spacial score (nSPS) is 10.3. The van der Waals surface area contributed by atoms with Crippen molar-refractivity contribution in [2.75, 3.05) is 24.5 Å². The van der Waals surface area contributed by atoms with E-state index in [-0.39, 0.29) is 18.4 Å². The first-order chi connectivity index (χ1) is 9.99. The van der Waals surface area contributed by atoms with Crippen molar-refractivity contribution < 1.29 is 14.0 Å². The number of halogens is 1. The quantitative estimate of drug-likeness (QED) is 0.776. The Balaban J connectivity index is 2.87. The molecule has 5 heteroatoms. The molecule has 0 aliphatic rings. The maximum atomic E-state index is 13.3. The summed E-state index contributed by atoms with van der Waals surface area (Å²) in [6, 6.07) is 5.73. The van der Waals surface area contributed by atoms with E-state index in [1.54, 1.807) is 11.0 Å². The SMILES string of the molecule is CCCN(CCC)C(=O)CN(C(C)=O)c1cccc(F)c1. The minimum Gasteiger partial charge on any atom is -0.341 e. The zero-order chi connectivity index (χ0) is 15.8. The molecule has 0 spiro atoms. The second-order valence-corrected chi connectivity index (χ2v) is 4.97. The fraction of sp³-hybridized carbons (Fsp3) is 0.500. The standard InChI is InChI=1S/C16H23FN2O2/c1-4-9-18(10-5-2)16(21)12-19(13(3)20)15-8-6-7-14(17)11-15/h6-8,11H,4-5,9-10,12H2,1-3H3. The predicted molar refractivity (Wildman–Crippen MR) is 81.6 cm³/mol. The van der Waals surface area contributed by atoms with Gasteiger partial charge in [0.25, 0.3) is 0 Å². The van der Waals surface area contributed by atoms with Gasteiger partial charge in [-0.25, -0.2) is 4.39 Å². The number of hydrogen-bond donors (Lipinski definition) is 0. The lowest BCUT2D eigenvalue weighted by molar-refractivity contribution is -0.131. The van der Waals surface area contributed by atoms with Crippen LogP contribution in [0.5, 0.6) is 0 Å². The van der Waals surface area contributed by atoms with Crippen molar-refractivity contribution >= 4 is 17.5 Å². The van der Waals surface area contributed by atoms with Gasteiger partial charge in [-0.2, -0.15) is 0 Å². The first-order valence-corrected chi connectivity index (χ1v) is 7.31. The molecule has 1 aromatic rings. The highest BCUT2D eigenvalue weighted by molar-refractivity contribution is 5.97. The Labute approximate surface area is 125 Å². The van der Waals surface area contributed by atoms with Crippen molar-refractivity contribution in [2.45, 2.75) is 33.6 Å². The number of anilines is 1. The highest BCUT2D eigenvalue weighted by atomic mass is 19.1. The molecule has 21 heavy (non-hydrogen) atoms. The summed E-state index contributed by atoms with van der Waals surface area (Å²) < 4.78 is 13.3. The molecule has 0 N–H and O–H groups in total. The Morgan fingerprint density at radius 2 is 1.76 bits per heavy atom. The molecule has 0 unspecified atom stereocenters. The third-order valence-corrected chi connectivity index (χ3v) is 3.13. The molecule has 0 aromatic heterocycles. The maximum absolute atomic E-state index is 13.3. The van der Waals surface area contributed by atoms with E-state index in [0.29, 0.717) is 18.8 Å². The van der Waals surface area contributed by atoms with E-state index >= 15 is 0 Å². The van der Waals surface area contributed by atoms with Crippen LogP contribution in [0.15, 0.2) is 24.3 Å². The van der Waals surface area contributed by atoms with Crippen molar-refractivity contribution in [3.05, 3.63) is 30.1 Å². The summed E-state index contributed by atoms with van der Waals surface area (Å²) in [5.74, 6) is -0.815. The van der Waals surface area contributed by atoms with E-state index in [4.69, 9.17) is 0 Å². The molecule has 0 heterocycles. The van der Waals surface area contributed by atoms with Gasteiger partial charge in [-0.15, -0.1) is 0 Å². The molecule has 0 saturated heterocycles. The van der Waals surface area contributed by atoms with E-state index in [9.17, 15) is 14.0 Å². The molecule has 0 aliphatic carbocycles. The van der Waals surface area contributed by atoms with Crippen molar-refractivity contribution in [3.8, 4) is 0 Å². The molecule has 0 aliphatic heterocycles. The molecule has 116 valence electrons. The minimum absolute atomic E-state index is 0.0568. The van der Waals surface area contributed by atoms with Crippen LogP contribution in [-0.2, 0) is 9.59 Å². The Kier molecular flexibility index (Phi) is 6.85. The van der Waals surface area contributed by atoms with Crippen LogP contribution in [0.2, 0.25) is 0 Å². The van der Waals surface area contributed by atoms with Gasteiger partial charge < -0.3 is 9.80 Å². The molecule has 0 bridgehead atoms. The van der Waals surface area contributed by atoms with Gasteiger partial charge in [-0.1, -0.05) is 19.9 Å². The highest BCUT2D eigenvalue weighted by Crippen LogP contribution is 2.16. The van der Waals surface area contributed by atoms with Gasteiger partial charge in [0.1, 0.15) is 12.4 Å². The van der Waals surface area contributed by atoms with Crippen LogP contribution < -0.4 is 4.90 Å². The minimum atomic E-state index is -0.426. The van der Waals surface area contributed by atoms with E-state index in [1.807, 2.05) is 13.8 Å². The number of rotatable bonds is 7. The maximum Gasteiger partial charge on any atom is 0.242 e. The highest BCUT2D eigenvalue weighted by Gasteiger charge is 2.20. The number of amides is 2. The predicted octanol–water partition coefficient (Wildman–Crippen LogP) is 2.83. The summed E-state index contributed by atoms with van der Waals surface area (Å²) >= 11 is 0. The Bertz CT molecular complexity index is 485. The van der Waals surface area contributed by atoms with Crippen LogP contribution in [0, 0.1) is 5.82 Å². The van der Waals surface area contributed by atoms with Crippen molar-refractivity contribution in [2.24, 2.45) is 0 Å². The summed E-state index contributed by atoms with van der Waals surface area (Å²) in [7, 11) is 0. The smallest absolute Gasteiger partial charge is 0.242 e. The van der Waals surface area contributed by atoms with E-state index in [0.717, 1.165) is 12.8 Å². The molecule has 1 rings (SSSR count). The second kappa shape index (κ2) is 8.39. The van der Waals surface area contributed by atoms with Crippen LogP contribution >= 0.6 is 0 Å². The molecule has 1 aromatic carbocycles. The zero-order valence-corrected chi connectivity index (χ0v) is 12.9. The van der Waals surface area contributed by atoms with Gasteiger partial charge >= 0.3 is 0 Å².